The van der Waals surface area contributed by atoms with E-state index in [2.05, 4.69) is 10.6 Å². The fourth-order valence-electron chi connectivity index (χ4n) is 3.94. The minimum Gasteiger partial charge on any atom is -0.376 e. The van der Waals surface area contributed by atoms with E-state index in [1.807, 2.05) is 23.6 Å². The predicted octanol–water partition coefficient (Wildman–Crippen LogP) is 2.05. The van der Waals surface area contributed by atoms with Gasteiger partial charge in [0.1, 0.15) is 0 Å². The van der Waals surface area contributed by atoms with Crippen LogP contribution in [0.25, 0.3) is 0 Å². The number of amides is 3. The minimum absolute atomic E-state index is 0.0215. The molecule has 4 rings (SSSR count). The Bertz CT molecular complexity index is 935. The zero-order valence-corrected chi connectivity index (χ0v) is 18.7. The molecule has 2 N–H and O–H groups in total. The third-order valence-electron chi connectivity index (χ3n) is 5.77. The van der Waals surface area contributed by atoms with Gasteiger partial charge in [0.25, 0.3) is 11.8 Å². The van der Waals surface area contributed by atoms with Gasteiger partial charge in [-0.05, 0) is 36.4 Å². The second kappa shape index (κ2) is 10.6. The summed E-state index contributed by atoms with van der Waals surface area (Å²) in [5, 5.41) is 7.92. The first-order valence-corrected chi connectivity index (χ1v) is 11.8. The van der Waals surface area contributed by atoms with Crippen molar-refractivity contribution in [2.24, 2.45) is 0 Å². The van der Waals surface area contributed by atoms with Crippen molar-refractivity contribution in [3.05, 3.63) is 52.2 Å². The molecule has 2 aliphatic rings. The third kappa shape index (κ3) is 5.46. The van der Waals surface area contributed by atoms with E-state index >= 15 is 0 Å². The van der Waals surface area contributed by atoms with Gasteiger partial charge >= 0.3 is 0 Å². The molecule has 1 atom stereocenters. The van der Waals surface area contributed by atoms with E-state index in [1.165, 1.54) is 11.3 Å². The van der Waals surface area contributed by atoms with Crippen molar-refractivity contribution in [1.82, 2.24) is 15.1 Å². The number of benzene rings is 1. The summed E-state index contributed by atoms with van der Waals surface area (Å²) in [5.41, 5.74) is 1.13. The second-order valence-corrected chi connectivity index (χ2v) is 8.84. The van der Waals surface area contributed by atoms with Crippen molar-refractivity contribution in [3.63, 3.8) is 0 Å². The molecular weight excluding hydrogens is 428 g/mol. The maximum Gasteiger partial charge on any atom is 0.264 e. The number of para-hydroxylation sites is 1. The molecule has 0 spiro atoms. The average Bonchev–Trinajstić information content (AvgIpc) is 3.55. The Morgan fingerprint density at radius 1 is 1.03 bits per heavy atom. The first kappa shape index (κ1) is 22.3. The van der Waals surface area contributed by atoms with Gasteiger partial charge in [-0.3, -0.25) is 14.4 Å². The van der Waals surface area contributed by atoms with Crippen LogP contribution in [-0.4, -0.2) is 79.5 Å². The highest BCUT2D eigenvalue weighted by molar-refractivity contribution is 7.12. The van der Waals surface area contributed by atoms with Crippen LogP contribution in [0, 0.1) is 0 Å². The summed E-state index contributed by atoms with van der Waals surface area (Å²) in [5.74, 6) is -0.215. The largest absolute Gasteiger partial charge is 0.376 e. The van der Waals surface area contributed by atoms with E-state index in [4.69, 9.17) is 4.74 Å². The maximum atomic E-state index is 12.7. The van der Waals surface area contributed by atoms with Gasteiger partial charge in [0.15, 0.2) is 0 Å². The Morgan fingerprint density at radius 2 is 1.81 bits per heavy atom. The number of ether oxygens (including phenoxy) is 1. The van der Waals surface area contributed by atoms with Crippen LogP contribution < -0.4 is 10.6 Å². The summed E-state index contributed by atoms with van der Waals surface area (Å²) in [6.07, 6.45) is 2.06. The Hall–Kier alpha value is -2.91. The molecule has 2 aliphatic heterocycles. The molecule has 1 aromatic carbocycles. The van der Waals surface area contributed by atoms with Crippen LogP contribution in [0.2, 0.25) is 0 Å². The van der Waals surface area contributed by atoms with Crippen molar-refractivity contribution < 1.29 is 19.1 Å². The number of hydrogen-bond donors (Lipinski definition) is 2. The lowest BCUT2D eigenvalue weighted by molar-refractivity contribution is -0.130. The number of carbonyl (C=O) groups excluding carboxylic acids is 3. The number of carbonyl (C=O) groups is 3. The summed E-state index contributed by atoms with van der Waals surface area (Å²) in [6, 6.07) is 10.9. The average molecular weight is 457 g/mol. The number of nitrogens with one attached hydrogen (secondary N) is 2. The first-order valence-electron chi connectivity index (χ1n) is 10.9. The Labute approximate surface area is 191 Å². The summed E-state index contributed by atoms with van der Waals surface area (Å²) >= 11 is 1.43. The van der Waals surface area contributed by atoms with Gasteiger partial charge in [0, 0.05) is 45.0 Å². The van der Waals surface area contributed by atoms with E-state index in [0.717, 1.165) is 24.3 Å². The molecule has 2 fully saturated rings. The van der Waals surface area contributed by atoms with Crippen molar-refractivity contribution in [2.45, 2.75) is 18.9 Å². The molecule has 170 valence electrons. The number of nitrogens with zero attached hydrogens (tertiary/aromatic N) is 2. The predicted molar refractivity (Wildman–Crippen MR) is 123 cm³/mol. The van der Waals surface area contributed by atoms with E-state index in [0.29, 0.717) is 44.0 Å². The molecule has 0 bridgehead atoms. The Balaban J connectivity index is 1.26. The number of hydrogen-bond acceptors (Lipinski definition) is 6. The number of piperazine rings is 1. The lowest BCUT2D eigenvalue weighted by Crippen LogP contribution is -2.51. The van der Waals surface area contributed by atoms with Crippen molar-refractivity contribution >= 4 is 34.7 Å². The minimum atomic E-state index is -0.184. The normalized spacial score (nSPS) is 18.4. The Morgan fingerprint density at radius 3 is 2.53 bits per heavy atom. The molecule has 0 saturated carbocycles. The molecule has 3 heterocycles. The van der Waals surface area contributed by atoms with Crippen LogP contribution >= 0.6 is 11.3 Å². The van der Waals surface area contributed by atoms with Crippen LogP contribution in [-0.2, 0) is 9.53 Å². The summed E-state index contributed by atoms with van der Waals surface area (Å²) in [6.45, 7) is 3.37. The van der Waals surface area contributed by atoms with Gasteiger partial charge in [-0.2, -0.15) is 0 Å². The van der Waals surface area contributed by atoms with E-state index in [9.17, 15) is 14.4 Å². The quantitative estimate of drug-likeness (QED) is 0.666. The molecule has 9 heteroatoms. The van der Waals surface area contributed by atoms with E-state index < -0.39 is 0 Å². The monoisotopic (exact) mass is 456 g/mol. The van der Waals surface area contributed by atoms with Gasteiger partial charge in [-0.1, -0.05) is 18.2 Å². The van der Waals surface area contributed by atoms with Crippen molar-refractivity contribution in [2.75, 3.05) is 51.2 Å². The van der Waals surface area contributed by atoms with Gasteiger partial charge in [0.2, 0.25) is 5.91 Å². The fraction of sp³-hybridized carbons (Fsp3) is 0.435. The summed E-state index contributed by atoms with van der Waals surface area (Å²) in [7, 11) is 0. The third-order valence-corrected chi connectivity index (χ3v) is 6.63. The number of anilines is 1. The second-order valence-electron chi connectivity index (χ2n) is 7.89. The van der Waals surface area contributed by atoms with Gasteiger partial charge in [-0.25, -0.2) is 0 Å². The molecule has 8 nitrogen and oxygen atoms in total. The van der Waals surface area contributed by atoms with Crippen LogP contribution in [0.5, 0.6) is 0 Å². The van der Waals surface area contributed by atoms with Crippen LogP contribution in [0.15, 0.2) is 41.8 Å². The fourth-order valence-corrected chi connectivity index (χ4v) is 4.63. The maximum absolute atomic E-state index is 12.7. The van der Waals surface area contributed by atoms with E-state index in [-0.39, 0.29) is 30.4 Å². The van der Waals surface area contributed by atoms with Crippen LogP contribution in [0.1, 0.15) is 32.9 Å². The van der Waals surface area contributed by atoms with Crippen LogP contribution in [0.4, 0.5) is 5.69 Å². The lowest BCUT2D eigenvalue weighted by Gasteiger charge is -2.34. The topological polar surface area (TPSA) is 91.0 Å². The standard InChI is InChI=1S/C23H28N4O4S/c28-21(26-9-11-27(12-10-26)23(30)20-8-4-14-32-20)16-24-19-7-2-1-6-18(19)22(29)25-15-17-5-3-13-31-17/h1-2,4,6-8,14,17,24H,3,5,9-13,15-16H2,(H,25,29). The molecule has 2 aromatic rings. The molecule has 3 amide bonds. The molecule has 1 aromatic heterocycles. The molecular formula is C23H28N4O4S. The van der Waals surface area contributed by atoms with Gasteiger partial charge in [0.05, 0.1) is 23.1 Å². The van der Waals surface area contributed by atoms with Crippen LogP contribution in [0.3, 0.4) is 0 Å². The Kier molecular flexibility index (Phi) is 7.39. The highest BCUT2D eigenvalue weighted by Gasteiger charge is 2.25. The molecule has 1 unspecified atom stereocenters. The molecule has 2 saturated heterocycles. The molecule has 0 radical (unpaired) electrons. The molecule has 32 heavy (non-hydrogen) atoms. The van der Waals surface area contributed by atoms with Gasteiger partial charge < -0.3 is 25.2 Å². The van der Waals surface area contributed by atoms with Crippen molar-refractivity contribution in [3.8, 4) is 0 Å². The lowest BCUT2D eigenvalue weighted by atomic mass is 10.1. The summed E-state index contributed by atoms with van der Waals surface area (Å²) < 4.78 is 5.55. The van der Waals surface area contributed by atoms with Gasteiger partial charge in [-0.15, -0.1) is 11.3 Å². The van der Waals surface area contributed by atoms with E-state index in [1.54, 1.807) is 28.0 Å². The zero-order valence-electron chi connectivity index (χ0n) is 17.9. The zero-order chi connectivity index (χ0) is 22.3. The molecule has 0 aliphatic carbocycles. The SMILES string of the molecule is O=C(NCC1CCCO1)c1ccccc1NCC(=O)N1CCN(C(=O)c2cccs2)CC1. The summed E-state index contributed by atoms with van der Waals surface area (Å²) in [4.78, 5) is 42.1. The highest BCUT2D eigenvalue weighted by Crippen LogP contribution is 2.17. The number of thiophene rings is 1. The van der Waals surface area contributed by atoms with Crippen molar-refractivity contribution in [1.29, 1.82) is 0 Å². The number of rotatable bonds is 7. The smallest absolute Gasteiger partial charge is 0.264 e. The highest BCUT2D eigenvalue weighted by atomic mass is 32.1. The first-order chi connectivity index (χ1) is 15.6.